The molecule has 3 N–H and O–H groups in total. The zero-order valence-electron chi connectivity index (χ0n) is 17.5. The van der Waals surface area contributed by atoms with Gasteiger partial charge in [-0.2, -0.15) is 5.10 Å². The van der Waals surface area contributed by atoms with Gasteiger partial charge < -0.3 is 20.7 Å². The molecule has 0 unspecified atom stereocenters. The highest BCUT2D eigenvalue weighted by molar-refractivity contribution is 14.0. The van der Waals surface area contributed by atoms with Gasteiger partial charge in [-0.3, -0.25) is 4.68 Å². The third-order valence-corrected chi connectivity index (χ3v) is 4.19. The number of guanidine groups is 1. The van der Waals surface area contributed by atoms with E-state index in [1.54, 1.807) is 30.1 Å². The molecule has 0 radical (unpaired) electrons. The van der Waals surface area contributed by atoms with Gasteiger partial charge in [0.1, 0.15) is 17.9 Å². The van der Waals surface area contributed by atoms with Crippen molar-refractivity contribution < 1.29 is 17.9 Å². The lowest BCUT2D eigenvalue weighted by molar-refractivity contribution is -0.274. The number of fused-ring (bicyclic) bond motifs is 1. The Kier molecular flexibility index (Phi) is 9.28. The van der Waals surface area contributed by atoms with Crippen LogP contribution in [0.2, 0.25) is 0 Å². The fourth-order valence-electron chi connectivity index (χ4n) is 2.83. The second kappa shape index (κ2) is 11.7. The topological polar surface area (TPSA) is 101 Å². The number of aryl methyl sites for hydroxylation is 1. The van der Waals surface area contributed by atoms with Gasteiger partial charge in [-0.15, -0.1) is 37.1 Å². The minimum atomic E-state index is -4.76. The van der Waals surface area contributed by atoms with Gasteiger partial charge in [0.25, 0.3) is 0 Å². The van der Waals surface area contributed by atoms with E-state index in [1.165, 1.54) is 18.5 Å². The molecule has 9 nitrogen and oxygen atoms in total. The van der Waals surface area contributed by atoms with Crippen LogP contribution in [-0.4, -0.2) is 51.7 Å². The largest absolute Gasteiger partial charge is 0.573 e. The van der Waals surface area contributed by atoms with Gasteiger partial charge in [-0.1, -0.05) is 18.2 Å². The van der Waals surface area contributed by atoms with Crippen LogP contribution in [0.4, 0.5) is 19.0 Å². The van der Waals surface area contributed by atoms with E-state index in [2.05, 4.69) is 40.7 Å². The Morgan fingerprint density at radius 3 is 2.69 bits per heavy atom. The number of nitrogens with zero attached hydrogens (tertiary/aromatic N) is 5. The van der Waals surface area contributed by atoms with Crippen molar-refractivity contribution in [3.8, 4) is 5.75 Å². The fourth-order valence-corrected chi connectivity index (χ4v) is 2.83. The normalized spacial score (nSPS) is 11.7. The molecule has 3 aromatic rings. The van der Waals surface area contributed by atoms with E-state index < -0.39 is 6.36 Å². The van der Waals surface area contributed by atoms with E-state index in [9.17, 15) is 13.2 Å². The summed E-state index contributed by atoms with van der Waals surface area (Å²) in [5, 5.41) is 14.4. The van der Waals surface area contributed by atoms with E-state index in [4.69, 9.17) is 0 Å². The third kappa shape index (κ3) is 7.10. The number of halogens is 4. The van der Waals surface area contributed by atoms with Crippen LogP contribution in [-0.2, 0) is 13.6 Å². The quantitative estimate of drug-likeness (QED) is 0.167. The second-order valence-electron chi connectivity index (χ2n) is 6.43. The van der Waals surface area contributed by atoms with Crippen LogP contribution in [0, 0.1) is 0 Å². The molecular weight excluding hydrogens is 540 g/mol. The van der Waals surface area contributed by atoms with Gasteiger partial charge in [-0.25, -0.2) is 15.0 Å². The molecule has 0 saturated heterocycles. The van der Waals surface area contributed by atoms with Gasteiger partial charge in [-0.05, 0) is 13.0 Å². The van der Waals surface area contributed by atoms with Gasteiger partial charge >= 0.3 is 6.36 Å². The molecule has 0 spiro atoms. The number of hydrogen-bond acceptors (Lipinski definition) is 6. The Morgan fingerprint density at radius 2 is 1.94 bits per heavy atom. The average molecular weight is 564 g/mol. The molecule has 0 saturated carbocycles. The monoisotopic (exact) mass is 564 g/mol. The number of aromatic nitrogens is 4. The van der Waals surface area contributed by atoms with Crippen molar-refractivity contribution in [2.45, 2.75) is 19.8 Å². The van der Waals surface area contributed by atoms with Crippen molar-refractivity contribution >= 4 is 46.8 Å². The summed E-state index contributed by atoms with van der Waals surface area (Å²) in [7, 11) is 1.80. The van der Waals surface area contributed by atoms with Crippen LogP contribution in [0.3, 0.4) is 0 Å². The van der Waals surface area contributed by atoms with Crippen molar-refractivity contribution in [2.24, 2.45) is 12.0 Å². The van der Waals surface area contributed by atoms with Crippen LogP contribution < -0.4 is 20.7 Å². The summed E-state index contributed by atoms with van der Waals surface area (Å²) in [6, 6.07) is 5.93. The third-order valence-electron chi connectivity index (χ3n) is 4.19. The molecule has 32 heavy (non-hydrogen) atoms. The number of nitrogens with one attached hydrogen (secondary N) is 3. The summed E-state index contributed by atoms with van der Waals surface area (Å²) in [6.45, 7) is 3.55. The van der Waals surface area contributed by atoms with E-state index in [0.717, 1.165) is 11.0 Å². The summed E-state index contributed by atoms with van der Waals surface area (Å²) >= 11 is 0. The predicted octanol–water partition coefficient (Wildman–Crippen LogP) is 3.05. The number of hydrogen-bond donors (Lipinski definition) is 3. The molecule has 0 aliphatic carbocycles. The standard InChI is InChI=1S/C19H23F3N8O.HI/c1-3-23-18(26-10-13-6-4-5-7-15(13)31-19(20,21)22)25-9-8-24-16-14-11-29-30(2)17(14)28-12-27-16;/h4-7,11-12H,3,8-10H2,1-2H3,(H2,23,25,26)(H,24,27,28);1H. The number of aliphatic imine (C=N–C) groups is 1. The van der Waals surface area contributed by atoms with Gasteiger partial charge in [0, 0.05) is 32.2 Å². The van der Waals surface area contributed by atoms with Crippen LogP contribution in [0.1, 0.15) is 12.5 Å². The van der Waals surface area contributed by atoms with Gasteiger partial charge in [0.2, 0.25) is 0 Å². The number of ether oxygens (including phenoxy) is 1. The second-order valence-corrected chi connectivity index (χ2v) is 6.43. The molecule has 1 aromatic carbocycles. The lowest BCUT2D eigenvalue weighted by Gasteiger charge is -2.14. The maximum absolute atomic E-state index is 12.6. The summed E-state index contributed by atoms with van der Waals surface area (Å²) < 4.78 is 43.5. The Labute approximate surface area is 199 Å². The van der Waals surface area contributed by atoms with E-state index in [1.807, 2.05) is 6.92 Å². The molecule has 13 heteroatoms. The van der Waals surface area contributed by atoms with E-state index >= 15 is 0 Å². The number of benzene rings is 1. The average Bonchev–Trinajstić information content (AvgIpc) is 3.11. The Bertz CT molecular complexity index is 1040. The maximum Gasteiger partial charge on any atom is 0.573 e. The number of para-hydroxylation sites is 1. The van der Waals surface area contributed by atoms with E-state index in [-0.39, 0.29) is 36.3 Å². The molecule has 174 valence electrons. The Balaban J connectivity index is 0.00000363. The van der Waals surface area contributed by atoms with Crippen molar-refractivity contribution in [1.29, 1.82) is 0 Å². The summed E-state index contributed by atoms with van der Waals surface area (Å²) in [5.41, 5.74) is 1.05. The highest BCUT2D eigenvalue weighted by atomic mass is 127. The van der Waals surface area contributed by atoms with Crippen molar-refractivity contribution in [1.82, 2.24) is 30.4 Å². The first-order valence-electron chi connectivity index (χ1n) is 9.60. The Morgan fingerprint density at radius 1 is 1.16 bits per heavy atom. The molecule has 0 bridgehead atoms. The molecule has 0 fully saturated rings. The van der Waals surface area contributed by atoms with Gasteiger partial charge in [0.15, 0.2) is 11.6 Å². The van der Waals surface area contributed by atoms with Crippen molar-refractivity contribution in [2.75, 3.05) is 25.0 Å². The minimum absolute atomic E-state index is 0. The molecule has 0 aliphatic heterocycles. The van der Waals surface area contributed by atoms with Crippen molar-refractivity contribution in [3.63, 3.8) is 0 Å². The summed E-state index contributed by atoms with van der Waals surface area (Å²) in [4.78, 5) is 12.8. The summed E-state index contributed by atoms with van der Waals surface area (Å²) in [6.07, 6.45) is -1.60. The molecule has 3 rings (SSSR count). The minimum Gasteiger partial charge on any atom is -0.405 e. The highest BCUT2D eigenvalue weighted by Gasteiger charge is 2.31. The smallest absolute Gasteiger partial charge is 0.405 e. The van der Waals surface area contributed by atoms with Crippen LogP contribution in [0.15, 0.2) is 41.8 Å². The lowest BCUT2D eigenvalue weighted by atomic mass is 10.2. The molecule has 0 amide bonds. The van der Waals surface area contributed by atoms with Crippen LogP contribution >= 0.6 is 24.0 Å². The van der Waals surface area contributed by atoms with Crippen LogP contribution in [0.5, 0.6) is 5.75 Å². The maximum atomic E-state index is 12.6. The first-order valence-corrected chi connectivity index (χ1v) is 9.60. The van der Waals surface area contributed by atoms with Crippen molar-refractivity contribution in [3.05, 3.63) is 42.4 Å². The number of rotatable bonds is 8. The Hall–Kier alpha value is -2.84. The molecule has 0 aliphatic rings. The first-order chi connectivity index (χ1) is 14.9. The molecule has 2 heterocycles. The zero-order valence-corrected chi connectivity index (χ0v) is 19.8. The number of anilines is 1. The number of alkyl halides is 3. The molecule has 2 aromatic heterocycles. The fraction of sp³-hybridized carbons (Fsp3) is 0.368. The molecular formula is C19H24F3IN8O. The predicted molar refractivity (Wildman–Crippen MR) is 126 cm³/mol. The van der Waals surface area contributed by atoms with Gasteiger partial charge in [0.05, 0.1) is 18.1 Å². The summed E-state index contributed by atoms with van der Waals surface area (Å²) in [5.74, 6) is 0.876. The van der Waals surface area contributed by atoms with E-state index in [0.29, 0.717) is 37.0 Å². The molecule has 0 atom stereocenters. The SMILES string of the molecule is CCNC(=NCc1ccccc1OC(F)(F)F)NCCNc1ncnc2c1cnn2C.I. The first kappa shape index (κ1) is 25.4. The van der Waals surface area contributed by atoms with Crippen LogP contribution in [0.25, 0.3) is 11.0 Å². The highest BCUT2D eigenvalue weighted by Crippen LogP contribution is 2.26. The lowest BCUT2D eigenvalue weighted by Crippen LogP contribution is -2.39. The zero-order chi connectivity index (χ0) is 22.3.